The van der Waals surface area contributed by atoms with Gasteiger partial charge in [-0.2, -0.15) is 13.2 Å². The summed E-state index contributed by atoms with van der Waals surface area (Å²) < 4.78 is 37.9. The Morgan fingerprint density at radius 3 is 2.48 bits per heavy atom. The number of carboxylic acid groups (broad SMARTS) is 1. The fraction of sp³-hybridized carbons (Fsp3) is 0.429. The number of alkyl halides is 3. The first-order chi connectivity index (χ1) is 9.77. The lowest BCUT2D eigenvalue weighted by Crippen LogP contribution is -2.37. The summed E-state index contributed by atoms with van der Waals surface area (Å²) in [5, 5.41) is 8.82. The predicted octanol–water partition coefficient (Wildman–Crippen LogP) is 2.64. The lowest BCUT2D eigenvalue weighted by molar-refractivity contribution is -0.138. The van der Waals surface area contributed by atoms with Crippen molar-refractivity contribution in [3.63, 3.8) is 0 Å². The summed E-state index contributed by atoms with van der Waals surface area (Å²) in [6, 6.07) is 4.04. The lowest BCUT2D eigenvalue weighted by atomic mass is 10.1. The van der Waals surface area contributed by atoms with Crippen LogP contribution < -0.4 is 0 Å². The van der Waals surface area contributed by atoms with Gasteiger partial charge in [-0.3, -0.25) is 9.59 Å². The first-order valence-corrected chi connectivity index (χ1v) is 6.45. The monoisotopic (exact) mass is 301 g/mol. The van der Waals surface area contributed by atoms with E-state index in [9.17, 15) is 22.8 Å². The zero-order valence-corrected chi connectivity index (χ0v) is 11.1. The summed E-state index contributed by atoms with van der Waals surface area (Å²) in [5.41, 5.74) is -1.07. The van der Waals surface area contributed by atoms with E-state index in [1.54, 1.807) is 0 Å². The number of hydrogen-bond acceptors (Lipinski definition) is 2. The van der Waals surface area contributed by atoms with Crippen LogP contribution in [0.2, 0.25) is 0 Å². The van der Waals surface area contributed by atoms with Crippen molar-refractivity contribution < 1.29 is 27.9 Å². The molecule has 114 valence electrons. The zero-order chi connectivity index (χ0) is 15.6. The van der Waals surface area contributed by atoms with Gasteiger partial charge in [-0.1, -0.05) is 6.07 Å². The summed E-state index contributed by atoms with van der Waals surface area (Å²) in [4.78, 5) is 24.1. The van der Waals surface area contributed by atoms with Crippen LogP contribution in [0.25, 0.3) is 0 Å². The lowest BCUT2D eigenvalue weighted by Gasteiger charge is -2.21. The standard InChI is InChI=1S/C14H14F3NO3/c15-14(16,17)11-3-1-2-10(6-11)13(21)18(8-12(19)20)7-9-4-5-9/h1-3,6,9H,4-5,7-8H2,(H,19,20). The summed E-state index contributed by atoms with van der Waals surface area (Å²) in [6.07, 6.45) is -2.72. The number of hydrogen-bond donors (Lipinski definition) is 1. The molecule has 21 heavy (non-hydrogen) atoms. The van der Waals surface area contributed by atoms with Gasteiger partial charge in [-0.15, -0.1) is 0 Å². The first kappa shape index (κ1) is 15.3. The average molecular weight is 301 g/mol. The van der Waals surface area contributed by atoms with Gasteiger partial charge in [0.1, 0.15) is 6.54 Å². The van der Waals surface area contributed by atoms with Crippen molar-refractivity contribution in [2.45, 2.75) is 19.0 Å². The van der Waals surface area contributed by atoms with Crippen LogP contribution in [0.4, 0.5) is 13.2 Å². The second-order valence-corrected chi connectivity index (χ2v) is 5.10. The van der Waals surface area contributed by atoms with Gasteiger partial charge < -0.3 is 10.0 Å². The minimum atomic E-state index is -4.54. The maximum atomic E-state index is 12.6. The molecule has 0 aromatic heterocycles. The van der Waals surface area contributed by atoms with E-state index < -0.39 is 30.2 Å². The number of carboxylic acids is 1. The Labute approximate surface area is 119 Å². The number of nitrogens with zero attached hydrogens (tertiary/aromatic N) is 1. The van der Waals surface area contributed by atoms with Gasteiger partial charge in [0.2, 0.25) is 0 Å². The largest absolute Gasteiger partial charge is 0.480 e. The summed E-state index contributed by atoms with van der Waals surface area (Å²) >= 11 is 0. The van der Waals surface area contributed by atoms with Crippen molar-refractivity contribution in [2.75, 3.05) is 13.1 Å². The van der Waals surface area contributed by atoms with Crippen LogP contribution in [-0.4, -0.2) is 35.0 Å². The van der Waals surface area contributed by atoms with E-state index in [2.05, 4.69) is 0 Å². The van der Waals surface area contributed by atoms with Crippen LogP contribution in [0.15, 0.2) is 24.3 Å². The molecule has 0 radical (unpaired) electrons. The second kappa shape index (κ2) is 5.75. The molecular weight excluding hydrogens is 287 g/mol. The minimum absolute atomic E-state index is 0.147. The Hall–Kier alpha value is -2.05. The molecule has 0 bridgehead atoms. The van der Waals surface area contributed by atoms with Crippen molar-refractivity contribution >= 4 is 11.9 Å². The van der Waals surface area contributed by atoms with Gasteiger partial charge in [-0.25, -0.2) is 0 Å². The topological polar surface area (TPSA) is 57.6 Å². The van der Waals surface area contributed by atoms with Gasteiger partial charge in [0.15, 0.2) is 0 Å². The number of benzene rings is 1. The molecular formula is C14H14F3NO3. The molecule has 1 aromatic rings. The van der Waals surface area contributed by atoms with Gasteiger partial charge in [0.25, 0.3) is 5.91 Å². The van der Waals surface area contributed by atoms with E-state index in [0.717, 1.165) is 35.9 Å². The van der Waals surface area contributed by atoms with E-state index >= 15 is 0 Å². The fourth-order valence-electron chi connectivity index (χ4n) is 2.01. The number of aliphatic carboxylic acids is 1. The molecule has 0 unspecified atom stereocenters. The number of carbonyl (C=O) groups is 2. The van der Waals surface area contributed by atoms with Crippen LogP contribution in [0.3, 0.4) is 0 Å². The van der Waals surface area contributed by atoms with Crippen molar-refractivity contribution in [1.29, 1.82) is 0 Å². The van der Waals surface area contributed by atoms with Gasteiger partial charge in [0.05, 0.1) is 5.56 Å². The number of amides is 1. The van der Waals surface area contributed by atoms with Crippen molar-refractivity contribution in [2.24, 2.45) is 5.92 Å². The number of carbonyl (C=O) groups excluding carboxylic acids is 1. The highest BCUT2D eigenvalue weighted by Crippen LogP contribution is 2.31. The maximum Gasteiger partial charge on any atom is 0.416 e. The first-order valence-electron chi connectivity index (χ1n) is 6.45. The van der Waals surface area contributed by atoms with E-state index in [-0.39, 0.29) is 18.0 Å². The van der Waals surface area contributed by atoms with Crippen LogP contribution >= 0.6 is 0 Å². The Balaban J connectivity index is 2.20. The molecule has 0 aliphatic heterocycles. The van der Waals surface area contributed by atoms with E-state index in [1.807, 2.05) is 0 Å². The maximum absolute atomic E-state index is 12.6. The van der Waals surface area contributed by atoms with Gasteiger partial charge in [0, 0.05) is 12.1 Å². The zero-order valence-electron chi connectivity index (χ0n) is 11.1. The van der Waals surface area contributed by atoms with Crippen molar-refractivity contribution in [1.82, 2.24) is 4.90 Å². The minimum Gasteiger partial charge on any atom is -0.480 e. The van der Waals surface area contributed by atoms with Crippen LogP contribution in [0, 0.1) is 5.92 Å². The second-order valence-electron chi connectivity index (χ2n) is 5.10. The highest BCUT2D eigenvalue weighted by molar-refractivity contribution is 5.96. The van der Waals surface area contributed by atoms with Crippen LogP contribution in [0.5, 0.6) is 0 Å². The predicted molar refractivity (Wildman–Crippen MR) is 67.7 cm³/mol. The Morgan fingerprint density at radius 1 is 1.29 bits per heavy atom. The number of halogens is 3. The molecule has 7 heteroatoms. The fourth-order valence-corrected chi connectivity index (χ4v) is 2.01. The Morgan fingerprint density at radius 2 is 1.95 bits per heavy atom. The van der Waals surface area contributed by atoms with Crippen LogP contribution in [0.1, 0.15) is 28.8 Å². The smallest absolute Gasteiger partial charge is 0.416 e. The molecule has 0 heterocycles. The molecule has 1 aromatic carbocycles. The molecule has 0 spiro atoms. The quantitative estimate of drug-likeness (QED) is 0.909. The Kier molecular flexibility index (Phi) is 4.20. The third kappa shape index (κ3) is 4.21. The highest BCUT2D eigenvalue weighted by Gasteiger charge is 2.32. The molecule has 0 saturated heterocycles. The molecule has 1 saturated carbocycles. The van der Waals surface area contributed by atoms with Crippen molar-refractivity contribution in [3.8, 4) is 0 Å². The molecule has 1 aliphatic rings. The summed E-state index contributed by atoms with van der Waals surface area (Å²) in [6.45, 7) is -0.243. The molecule has 1 amide bonds. The summed E-state index contributed by atoms with van der Waals surface area (Å²) in [5.74, 6) is -1.62. The Bertz CT molecular complexity index is 553. The van der Waals surface area contributed by atoms with Gasteiger partial charge >= 0.3 is 12.1 Å². The van der Waals surface area contributed by atoms with Crippen LogP contribution in [-0.2, 0) is 11.0 Å². The molecule has 4 nitrogen and oxygen atoms in total. The molecule has 0 atom stereocenters. The van der Waals surface area contributed by atoms with E-state index in [0.29, 0.717) is 0 Å². The van der Waals surface area contributed by atoms with Crippen molar-refractivity contribution in [3.05, 3.63) is 35.4 Å². The third-order valence-electron chi connectivity index (χ3n) is 3.23. The molecule has 2 rings (SSSR count). The summed E-state index contributed by atoms with van der Waals surface area (Å²) in [7, 11) is 0. The highest BCUT2D eigenvalue weighted by atomic mass is 19.4. The van der Waals surface area contributed by atoms with Gasteiger partial charge in [-0.05, 0) is 37.0 Å². The molecule has 1 aliphatic carbocycles. The van der Waals surface area contributed by atoms with E-state index in [4.69, 9.17) is 5.11 Å². The third-order valence-corrected chi connectivity index (χ3v) is 3.23. The number of rotatable bonds is 5. The normalized spacial score (nSPS) is 14.8. The molecule has 1 N–H and O–H groups in total. The average Bonchev–Trinajstić information content (AvgIpc) is 3.20. The molecule has 1 fully saturated rings. The van der Waals surface area contributed by atoms with E-state index in [1.165, 1.54) is 6.07 Å². The SMILES string of the molecule is O=C(O)CN(CC1CC1)C(=O)c1cccc(C(F)(F)F)c1.